The molecule has 0 saturated heterocycles. The first-order valence-corrected chi connectivity index (χ1v) is 6.20. The van der Waals surface area contributed by atoms with Crippen molar-refractivity contribution in [1.82, 2.24) is 0 Å². The van der Waals surface area contributed by atoms with Gasteiger partial charge in [0.25, 0.3) is 0 Å². The molecule has 4 heteroatoms. The number of benzene rings is 1. The molecule has 1 aliphatic heterocycles. The van der Waals surface area contributed by atoms with Crippen LogP contribution in [0.1, 0.15) is 33.3 Å². The lowest BCUT2D eigenvalue weighted by atomic mass is 9.80. The quantitative estimate of drug-likeness (QED) is 0.838. The SMILES string of the molecule is CC(=O)N1c2ccccc2C(C)=C(C(N)=O)C1(C)C. The number of amides is 2. The van der Waals surface area contributed by atoms with E-state index in [1.165, 1.54) is 6.92 Å². The van der Waals surface area contributed by atoms with E-state index in [0.717, 1.165) is 16.8 Å². The third-order valence-corrected chi connectivity index (χ3v) is 3.66. The minimum Gasteiger partial charge on any atom is -0.366 e. The van der Waals surface area contributed by atoms with Crippen LogP contribution in [-0.4, -0.2) is 17.4 Å². The van der Waals surface area contributed by atoms with Gasteiger partial charge in [0.1, 0.15) is 0 Å². The average molecular weight is 258 g/mol. The van der Waals surface area contributed by atoms with E-state index in [9.17, 15) is 9.59 Å². The van der Waals surface area contributed by atoms with Crippen LogP contribution in [0.4, 0.5) is 5.69 Å². The minimum absolute atomic E-state index is 0.108. The zero-order valence-electron chi connectivity index (χ0n) is 11.7. The Bertz CT molecular complexity index is 600. The number of para-hydroxylation sites is 1. The fraction of sp³-hybridized carbons (Fsp3) is 0.333. The predicted octanol–water partition coefficient (Wildman–Crippen LogP) is 2.09. The zero-order chi connectivity index (χ0) is 14.4. The standard InChI is InChI=1S/C15H18N2O2/c1-9-11-7-5-6-8-12(11)17(10(2)18)15(3,4)13(9)14(16)19/h5-8H,1-4H3,(H2,16,19). The van der Waals surface area contributed by atoms with Gasteiger partial charge in [-0.05, 0) is 32.4 Å². The van der Waals surface area contributed by atoms with E-state index < -0.39 is 11.4 Å². The van der Waals surface area contributed by atoms with Gasteiger partial charge >= 0.3 is 0 Å². The molecule has 1 heterocycles. The Balaban J connectivity index is 2.83. The molecule has 2 N–H and O–H groups in total. The second kappa shape index (κ2) is 4.23. The molecule has 0 spiro atoms. The molecule has 0 bridgehead atoms. The van der Waals surface area contributed by atoms with Gasteiger partial charge in [-0.3, -0.25) is 9.59 Å². The van der Waals surface area contributed by atoms with Crippen molar-refractivity contribution in [1.29, 1.82) is 0 Å². The number of rotatable bonds is 1. The molecular formula is C15H18N2O2. The van der Waals surface area contributed by atoms with Crippen LogP contribution in [0.5, 0.6) is 0 Å². The van der Waals surface area contributed by atoms with Crippen molar-refractivity contribution in [3.05, 3.63) is 35.4 Å². The molecule has 0 unspecified atom stereocenters. The Labute approximate surface area is 112 Å². The summed E-state index contributed by atoms with van der Waals surface area (Å²) in [7, 11) is 0. The molecule has 1 aliphatic rings. The molecule has 100 valence electrons. The Kier molecular flexibility index (Phi) is 2.97. The van der Waals surface area contributed by atoms with E-state index >= 15 is 0 Å². The second-order valence-corrected chi connectivity index (χ2v) is 5.29. The smallest absolute Gasteiger partial charge is 0.247 e. The number of allylic oxidation sites excluding steroid dienone is 1. The second-order valence-electron chi connectivity index (χ2n) is 5.29. The van der Waals surface area contributed by atoms with Crippen LogP contribution in [0.3, 0.4) is 0 Å². The van der Waals surface area contributed by atoms with Gasteiger partial charge in [-0.2, -0.15) is 0 Å². The van der Waals surface area contributed by atoms with Crippen molar-refractivity contribution in [3.8, 4) is 0 Å². The highest BCUT2D eigenvalue weighted by atomic mass is 16.2. The van der Waals surface area contributed by atoms with Crippen molar-refractivity contribution < 1.29 is 9.59 Å². The van der Waals surface area contributed by atoms with Gasteiger partial charge in [-0.1, -0.05) is 18.2 Å². The van der Waals surface area contributed by atoms with Gasteiger partial charge in [0.15, 0.2) is 0 Å². The first kappa shape index (κ1) is 13.3. The van der Waals surface area contributed by atoms with E-state index in [1.807, 2.05) is 45.0 Å². The number of hydrogen-bond donors (Lipinski definition) is 1. The van der Waals surface area contributed by atoms with Crippen LogP contribution in [0.25, 0.3) is 5.57 Å². The van der Waals surface area contributed by atoms with Crippen LogP contribution >= 0.6 is 0 Å². The summed E-state index contributed by atoms with van der Waals surface area (Å²) < 4.78 is 0. The maximum Gasteiger partial charge on any atom is 0.247 e. The Morgan fingerprint density at radius 1 is 1.21 bits per heavy atom. The lowest BCUT2D eigenvalue weighted by Crippen LogP contribution is -2.53. The third kappa shape index (κ3) is 1.84. The lowest BCUT2D eigenvalue weighted by molar-refractivity contribution is -0.117. The monoisotopic (exact) mass is 258 g/mol. The largest absolute Gasteiger partial charge is 0.366 e. The summed E-state index contributed by atoms with van der Waals surface area (Å²) in [5.41, 5.74) is 7.81. The molecule has 4 nitrogen and oxygen atoms in total. The van der Waals surface area contributed by atoms with Crippen LogP contribution in [0, 0.1) is 0 Å². The van der Waals surface area contributed by atoms with Gasteiger partial charge in [0.2, 0.25) is 11.8 Å². The van der Waals surface area contributed by atoms with Crippen molar-refractivity contribution in [2.45, 2.75) is 33.2 Å². The van der Waals surface area contributed by atoms with Gasteiger partial charge in [0, 0.05) is 18.1 Å². The third-order valence-electron chi connectivity index (χ3n) is 3.66. The van der Waals surface area contributed by atoms with Gasteiger partial charge in [0.05, 0.1) is 11.2 Å². The molecule has 2 rings (SSSR count). The van der Waals surface area contributed by atoms with Crippen molar-refractivity contribution in [3.63, 3.8) is 0 Å². The van der Waals surface area contributed by atoms with Gasteiger partial charge < -0.3 is 10.6 Å². The highest BCUT2D eigenvalue weighted by Gasteiger charge is 2.42. The molecule has 0 aliphatic carbocycles. The van der Waals surface area contributed by atoms with Crippen LogP contribution in [0.2, 0.25) is 0 Å². The van der Waals surface area contributed by atoms with Crippen LogP contribution in [-0.2, 0) is 9.59 Å². The first-order chi connectivity index (χ1) is 8.78. The number of fused-ring (bicyclic) bond motifs is 1. The Hall–Kier alpha value is -2.10. The molecule has 0 saturated carbocycles. The molecular weight excluding hydrogens is 240 g/mol. The number of hydrogen-bond acceptors (Lipinski definition) is 2. The van der Waals surface area contributed by atoms with Crippen molar-refractivity contribution >= 4 is 23.1 Å². The fourth-order valence-corrected chi connectivity index (χ4v) is 3.04. The Morgan fingerprint density at radius 2 is 1.79 bits per heavy atom. The number of carbonyl (C=O) groups is 2. The molecule has 19 heavy (non-hydrogen) atoms. The highest BCUT2D eigenvalue weighted by Crippen LogP contribution is 2.43. The van der Waals surface area contributed by atoms with Crippen molar-refractivity contribution in [2.75, 3.05) is 4.90 Å². The lowest BCUT2D eigenvalue weighted by Gasteiger charge is -2.44. The summed E-state index contributed by atoms with van der Waals surface area (Å²) in [4.78, 5) is 25.4. The molecule has 1 aromatic carbocycles. The van der Waals surface area contributed by atoms with Crippen LogP contribution < -0.4 is 10.6 Å². The van der Waals surface area contributed by atoms with Gasteiger partial charge in [-0.15, -0.1) is 0 Å². The molecule has 0 aromatic heterocycles. The average Bonchev–Trinajstić information content (AvgIpc) is 2.26. The fourth-order valence-electron chi connectivity index (χ4n) is 3.04. The number of nitrogens with zero attached hydrogens (tertiary/aromatic N) is 1. The topological polar surface area (TPSA) is 63.4 Å². The summed E-state index contributed by atoms with van der Waals surface area (Å²) in [6.45, 7) is 7.05. The number of anilines is 1. The van der Waals surface area contributed by atoms with Crippen molar-refractivity contribution in [2.24, 2.45) is 5.73 Å². The summed E-state index contributed by atoms with van der Waals surface area (Å²) in [5, 5.41) is 0. The van der Waals surface area contributed by atoms with E-state index in [2.05, 4.69) is 0 Å². The first-order valence-electron chi connectivity index (χ1n) is 6.20. The Morgan fingerprint density at radius 3 is 2.32 bits per heavy atom. The number of primary amides is 1. The number of nitrogens with two attached hydrogens (primary N) is 1. The summed E-state index contributed by atoms with van der Waals surface area (Å²) in [6, 6.07) is 7.56. The van der Waals surface area contributed by atoms with E-state index in [1.54, 1.807) is 4.90 Å². The molecule has 0 radical (unpaired) electrons. The maximum absolute atomic E-state index is 12.0. The molecule has 0 fully saturated rings. The van der Waals surface area contributed by atoms with E-state index in [4.69, 9.17) is 5.73 Å². The van der Waals surface area contributed by atoms with E-state index in [-0.39, 0.29) is 5.91 Å². The van der Waals surface area contributed by atoms with E-state index in [0.29, 0.717) is 5.57 Å². The summed E-state index contributed by atoms with van der Waals surface area (Å²) in [5.74, 6) is -0.591. The molecule has 2 amide bonds. The minimum atomic E-state index is -0.740. The summed E-state index contributed by atoms with van der Waals surface area (Å²) >= 11 is 0. The summed E-state index contributed by atoms with van der Waals surface area (Å²) in [6.07, 6.45) is 0. The zero-order valence-corrected chi connectivity index (χ0v) is 11.7. The molecule has 0 atom stereocenters. The maximum atomic E-state index is 12.0. The van der Waals surface area contributed by atoms with Crippen LogP contribution in [0.15, 0.2) is 29.8 Å². The normalized spacial score (nSPS) is 17.2. The molecule has 1 aromatic rings. The highest BCUT2D eigenvalue weighted by molar-refractivity contribution is 6.10. The predicted molar refractivity (Wildman–Crippen MR) is 75.5 cm³/mol. The van der Waals surface area contributed by atoms with Gasteiger partial charge in [-0.25, -0.2) is 0 Å². The number of carbonyl (C=O) groups excluding carboxylic acids is 2.